The van der Waals surface area contributed by atoms with Crippen molar-refractivity contribution < 1.29 is 24.2 Å². The van der Waals surface area contributed by atoms with Gasteiger partial charge < -0.3 is 19.6 Å². The van der Waals surface area contributed by atoms with E-state index >= 15 is 0 Å². The van der Waals surface area contributed by atoms with Crippen LogP contribution in [0.25, 0.3) is 10.9 Å². The van der Waals surface area contributed by atoms with E-state index in [0.717, 1.165) is 4.90 Å². The molecule has 0 aliphatic carbocycles. The Morgan fingerprint density at radius 1 is 1.03 bits per heavy atom. The number of carboxylic acids is 2. The molecule has 1 unspecified atom stereocenters. The van der Waals surface area contributed by atoms with Crippen molar-refractivity contribution in [2.45, 2.75) is 28.7 Å². The number of carbonyl (C=O) groups is 2. The number of aliphatic carboxylic acids is 2. The summed E-state index contributed by atoms with van der Waals surface area (Å²) in [7, 11) is 0. The van der Waals surface area contributed by atoms with Crippen LogP contribution in [0, 0.1) is 0 Å². The molecule has 0 radical (unpaired) electrons. The molecule has 0 amide bonds. The number of benzene rings is 2. The molecule has 2 aromatic heterocycles. The van der Waals surface area contributed by atoms with E-state index in [1.165, 1.54) is 18.0 Å². The minimum Gasteiger partial charge on any atom is -0.481 e. The highest BCUT2D eigenvalue weighted by molar-refractivity contribution is 7.99. The number of hydrogen-bond acceptors (Lipinski definition) is 6. The molecule has 0 aliphatic heterocycles. The molecule has 1 atom stereocenters. The number of hydrogen-bond donors (Lipinski definition) is 3. The summed E-state index contributed by atoms with van der Waals surface area (Å²) < 4.78 is 5.87. The van der Waals surface area contributed by atoms with Crippen LogP contribution in [0.5, 0.6) is 0 Å². The Balaban J connectivity index is 1.94. The SMILES string of the molecule is O=C(O)CC(C(=O)O)n1c(=O)[nH]c2c(Cc3ccco3)cc(Sc3ccccc3)cc2c1=O. The van der Waals surface area contributed by atoms with Crippen molar-refractivity contribution in [3.8, 4) is 0 Å². The second kappa shape index (κ2) is 9.21. The average molecular weight is 466 g/mol. The van der Waals surface area contributed by atoms with E-state index in [2.05, 4.69) is 4.98 Å². The highest BCUT2D eigenvalue weighted by Crippen LogP contribution is 2.31. The van der Waals surface area contributed by atoms with Gasteiger partial charge >= 0.3 is 17.6 Å². The average Bonchev–Trinajstić information content (AvgIpc) is 3.27. The van der Waals surface area contributed by atoms with Gasteiger partial charge in [-0.3, -0.25) is 9.59 Å². The molecule has 3 N–H and O–H groups in total. The molecular weight excluding hydrogens is 448 g/mol. The van der Waals surface area contributed by atoms with E-state index in [1.807, 2.05) is 36.4 Å². The van der Waals surface area contributed by atoms with Gasteiger partial charge in [0, 0.05) is 16.2 Å². The number of nitrogens with zero attached hydrogens (tertiary/aromatic N) is 1. The molecule has 2 heterocycles. The topological polar surface area (TPSA) is 143 Å². The Morgan fingerprint density at radius 3 is 2.42 bits per heavy atom. The van der Waals surface area contributed by atoms with E-state index in [1.54, 1.807) is 18.2 Å². The van der Waals surface area contributed by atoms with Gasteiger partial charge in [0.15, 0.2) is 0 Å². The molecule has 0 bridgehead atoms. The van der Waals surface area contributed by atoms with Crippen molar-refractivity contribution in [1.29, 1.82) is 0 Å². The zero-order chi connectivity index (χ0) is 23.5. The molecule has 0 fully saturated rings. The highest BCUT2D eigenvalue weighted by Gasteiger charge is 2.27. The van der Waals surface area contributed by atoms with Crippen LogP contribution in [-0.2, 0) is 16.0 Å². The van der Waals surface area contributed by atoms with Crippen molar-refractivity contribution in [2.75, 3.05) is 0 Å². The van der Waals surface area contributed by atoms with Crippen LogP contribution in [0.4, 0.5) is 0 Å². The zero-order valence-electron chi connectivity index (χ0n) is 17.1. The largest absolute Gasteiger partial charge is 0.481 e. The molecule has 2 aromatic carbocycles. The predicted octanol–water partition coefficient (Wildman–Crippen LogP) is 3.13. The van der Waals surface area contributed by atoms with E-state index in [0.29, 0.717) is 20.8 Å². The van der Waals surface area contributed by atoms with Gasteiger partial charge in [0.05, 0.1) is 23.6 Å². The van der Waals surface area contributed by atoms with Crippen molar-refractivity contribution >= 4 is 34.6 Å². The van der Waals surface area contributed by atoms with E-state index in [9.17, 15) is 24.3 Å². The highest BCUT2D eigenvalue weighted by atomic mass is 32.2. The van der Waals surface area contributed by atoms with Crippen LogP contribution in [0.3, 0.4) is 0 Å². The molecule has 9 nitrogen and oxygen atoms in total. The summed E-state index contributed by atoms with van der Waals surface area (Å²) >= 11 is 1.39. The number of H-pyrrole nitrogens is 1. The van der Waals surface area contributed by atoms with Gasteiger partial charge in [-0.05, 0) is 42.0 Å². The van der Waals surface area contributed by atoms with Gasteiger partial charge in [0.25, 0.3) is 5.56 Å². The monoisotopic (exact) mass is 466 g/mol. The first-order valence-electron chi connectivity index (χ1n) is 9.85. The summed E-state index contributed by atoms with van der Waals surface area (Å²) in [5.74, 6) is -2.42. The lowest BCUT2D eigenvalue weighted by Gasteiger charge is -2.15. The fourth-order valence-corrected chi connectivity index (χ4v) is 4.48. The number of furan rings is 1. The molecule has 0 aliphatic rings. The molecule has 0 saturated carbocycles. The number of aromatic amines is 1. The van der Waals surface area contributed by atoms with Crippen LogP contribution in [0.1, 0.15) is 23.8 Å². The van der Waals surface area contributed by atoms with Gasteiger partial charge in [-0.15, -0.1) is 0 Å². The Kier molecular flexibility index (Phi) is 6.18. The number of fused-ring (bicyclic) bond motifs is 1. The van der Waals surface area contributed by atoms with E-state index in [4.69, 9.17) is 9.52 Å². The van der Waals surface area contributed by atoms with Gasteiger partial charge in [0.2, 0.25) is 0 Å². The molecule has 0 spiro atoms. The van der Waals surface area contributed by atoms with Crippen molar-refractivity contribution in [2.24, 2.45) is 0 Å². The number of rotatable bonds is 8. The third kappa shape index (κ3) is 4.75. The summed E-state index contributed by atoms with van der Waals surface area (Å²) in [5, 5.41) is 18.6. The van der Waals surface area contributed by atoms with E-state index in [-0.39, 0.29) is 17.3 Å². The lowest BCUT2D eigenvalue weighted by molar-refractivity contribution is -0.147. The minimum atomic E-state index is -1.85. The van der Waals surface area contributed by atoms with Crippen LogP contribution >= 0.6 is 11.8 Å². The molecular formula is C23H18N2O7S. The maximum absolute atomic E-state index is 13.3. The first kappa shape index (κ1) is 22.2. The number of nitrogens with one attached hydrogen (secondary N) is 1. The first-order valence-corrected chi connectivity index (χ1v) is 10.7. The molecule has 33 heavy (non-hydrogen) atoms. The Morgan fingerprint density at radius 2 is 1.79 bits per heavy atom. The molecule has 10 heteroatoms. The van der Waals surface area contributed by atoms with Crippen molar-refractivity contribution in [3.63, 3.8) is 0 Å². The molecule has 0 saturated heterocycles. The maximum atomic E-state index is 13.3. The molecule has 4 rings (SSSR count). The third-order valence-electron chi connectivity index (χ3n) is 4.98. The second-order valence-electron chi connectivity index (χ2n) is 7.23. The zero-order valence-corrected chi connectivity index (χ0v) is 17.9. The summed E-state index contributed by atoms with van der Waals surface area (Å²) in [5.41, 5.74) is -1.02. The van der Waals surface area contributed by atoms with E-state index < -0.39 is 35.7 Å². The first-order chi connectivity index (χ1) is 15.8. The predicted molar refractivity (Wildman–Crippen MR) is 120 cm³/mol. The Hall–Kier alpha value is -4.05. The fourth-order valence-electron chi connectivity index (χ4n) is 3.54. The quantitative estimate of drug-likeness (QED) is 0.359. The smallest absolute Gasteiger partial charge is 0.329 e. The third-order valence-corrected chi connectivity index (χ3v) is 5.96. The fraction of sp³-hybridized carbons (Fsp3) is 0.130. The number of carboxylic acid groups (broad SMARTS) is 2. The normalized spacial score (nSPS) is 12.0. The standard InChI is InChI=1S/C23H18N2O7S/c26-19(27)12-18(22(29)30)25-21(28)17-11-16(33-15-6-2-1-3-7-15)10-13(20(17)24-23(25)31)9-14-5-4-8-32-14/h1-8,10-11,18H,9,12H2,(H,24,31)(H,26,27)(H,29,30). The summed E-state index contributed by atoms with van der Waals surface area (Å²) in [6, 6.07) is 14.5. The van der Waals surface area contributed by atoms with Gasteiger partial charge in [-0.25, -0.2) is 14.2 Å². The molecule has 168 valence electrons. The molecule has 4 aromatic rings. The summed E-state index contributed by atoms with van der Waals surface area (Å²) in [4.78, 5) is 53.0. The lowest BCUT2D eigenvalue weighted by Crippen LogP contribution is -2.42. The van der Waals surface area contributed by atoms with Crippen molar-refractivity contribution in [1.82, 2.24) is 9.55 Å². The van der Waals surface area contributed by atoms with Gasteiger partial charge in [0.1, 0.15) is 11.8 Å². The van der Waals surface area contributed by atoms with Crippen LogP contribution in [-0.4, -0.2) is 31.7 Å². The van der Waals surface area contributed by atoms with Gasteiger partial charge in [-0.2, -0.15) is 0 Å². The van der Waals surface area contributed by atoms with Crippen LogP contribution in [0.15, 0.2) is 84.7 Å². The number of aromatic nitrogens is 2. The van der Waals surface area contributed by atoms with Gasteiger partial charge in [-0.1, -0.05) is 30.0 Å². The van der Waals surface area contributed by atoms with Crippen LogP contribution < -0.4 is 11.2 Å². The summed E-state index contributed by atoms with van der Waals surface area (Å²) in [6.45, 7) is 0. The van der Waals surface area contributed by atoms with Crippen LogP contribution in [0.2, 0.25) is 0 Å². The Bertz CT molecular complexity index is 1440. The summed E-state index contributed by atoms with van der Waals surface area (Å²) in [6.07, 6.45) is 0.879. The Labute approximate surface area is 190 Å². The lowest BCUT2D eigenvalue weighted by atomic mass is 10.1. The van der Waals surface area contributed by atoms with Crippen molar-refractivity contribution in [3.05, 3.63) is 93.0 Å². The second-order valence-corrected chi connectivity index (χ2v) is 8.38. The minimum absolute atomic E-state index is 0.0775. The maximum Gasteiger partial charge on any atom is 0.329 e.